The van der Waals surface area contributed by atoms with Crippen LogP contribution >= 0.6 is 0 Å². The average Bonchev–Trinajstić information content (AvgIpc) is 2.37. The monoisotopic (exact) mass is 228 g/mol. The van der Waals surface area contributed by atoms with Crippen molar-refractivity contribution < 1.29 is 9.90 Å². The number of rotatable bonds is 4. The molecule has 0 aromatic carbocycles. The molecule has 0 radical (unpaired) electrons. The molecule has 4 heteroatoms. The summed E-state index contributed by atoms with van der Waals surface area (Å²) in [6.45, 7) is 8.65. The number of hydrogen-bond donors (Lipinski definition) is 2. The van der Waals surface area contributed by atoms with E-state index in [9.17, 15) is 4.79 Å². The molecule has 2 unspecified atom stereocenters. The number of carbonyl (C=O) groups is 1. The molecule has 1 saturated heterocycles. The van der Waals surface area contributed by atoms with Crippen molar-refractivity contribution in [1.29, 1.82) is 0 Å². The first kappa shape index (κ1) is 13.5. The van der Waals surface area contributed by atoms with Crippen LogP contribution in [0.15, 0.2) is 0 Å². The smallest absolute Gasteiger partial charge is 0.303 e. The van der Waals surface area contributed by atoms with Crippen molar-refractivity contribution in [3.05, 3.63) is 0 Å². The molecule has 1 aliphatic heterocycles. The van der Waals surface area contributed by atoms with Crippen molar-refractivity contribution in [3.63, 3.8) is 0 Å². The highest BCUT2D eigenvalue weighted by atomic mass is 16.4. The third-order valence-electron chi connectivity index (χ3n) is 3.26. The van der Waals surface area contributed by atoms with Crippen LogP contribution in [0.3, 0.4) is 0 Å². The number of aliphatic carboxylic acids is 1. The van der Waals surface area contributed by atoms with Gasteiger partial charge in [-0.3, -0.25) is 9.69 Å². The number of carboxylic acids is 1. The van der Waals surface area contributed by atoms with Crippen LogP contribution in [0.4, 0.5) is 0 Å². The highest BCUT2D eigenvalue weighted by molar-refractivity contribution is 5.66. The summed E-state index contributed by atoms with van der Waals surface area (Å²) in [6, 6.07) is 1.35. The highest BCUT2D eigenvalue weighted by Gasteiger charge is 2.22. The van der Waals surface area contributed by atoms with Gasteiger partial charge in [-0.2, -0.15) is 0 Å². The van der Waals surface area contributed by atoms with Gasteiger partial charge in [-0.05, 0) is 40.2 Å². The van der Waals surface area contributed by atoms with Crippen LogP contribution in [0.25, 0.3) is 0 Å². The van der Waals surface area contributed by atoms with E-state index in [2.05, 4.69) is 31.0 Å². The molecule has 2 atom stereocenters. The van der Waals surface area contributed by atoms with E-state index in [1.165, 1.54) is 0 Å². The van der Waals surface area contributed by atoms with E-state index in [4.69, 9.17) is 5.11 Å². The van der Waals surface area contributed by atoms with E-state index in [1.807, 2.05) is 0 Å². The van der Waals surface area contributed by atoms with E-state index < -0.39 is 5.97 Å². The third-order valence-corrected chi connectivity index (χ3v) is 3.26. The molecular weight excluding hydrogens is 204 g/mol. The van der Waals surface area contributed by atoms with E-state index in [1.54, 1.807) is 0 Å². The van der Waals surface area contributed by atoms with Crippen LogP contribution in [-0.2, 0) is 4.79 Å². The molecule has 0 aromatic rings. The van der Waals surface area contributed by atoms with Crippen molar-refractivity contribution >= 4 is 5.97 Å². The Morgan fingerprint density at radius 1 is 1.56 bits per heavy atom. The molecule has 0 amide bonds. The van der Waals surface area contributed by atoms with Gasteiger partial charge >= 0.3 is 5.97 Å². The van der Waals surface area contributed by atoms with Crippen molar-refractivity contribution in [3.8, 4) is 0 Å². The normalized spacial score (nSPS) is 28.0. The Hall–Kier alpha value is -0.610. The van der Waals surface area contributed by atoms with Gasteiger partial charge in [0.05, 0.1) is 0 Å². The predicted molar refractivity (Wildman–Crippen MR) is 64.6 cm³/mol. The van der Waals surface area contributed by atoms with Gasteiger partial charge in [0.25, 0.3) is 0 Å². The second-order valence-corrected chi connectivity index (χ2v) is 5.07. The largest absolute Gasteiger partial charge is 0.481 e. The van der Waals surface area contributed by atoms with Crippen LogP contribution in [0.1, 0.15) is 40.0 Å². The molecule has 94 valence electrons. The topological polar surface area (TPSA) is 52.6 Å². The fourth-order valence-electron chi connectivity index (χ4n) is 2.21. The molecule has 0 bridgehead atoms. The Bertz CT molecular complexity index is 231. The predicted octanol–water partition coefficient (Wildman–Crippen LogP) is 1.31. The standard InChI is InChI=1S/C12H24N2O2/c1-9(2)14-7-6-10(3)13-11(8-14)4-5-12(15)16/h9-11,13H,4-8H2,1-3H3,(H,15,16). The Kier molecular flexibility index (Phi) is 5.22. The van der Waals surface area contributed by atoms with E-state index in [0.29, 0.717) is 18.1 Å². The molecule has 0 aliphatic carbocycles. The van der Waals surface area contributed by atoms with Crippen molar-refractivity contribution in [1.82, 2.24) is 10.2 Å². The van der Waals surface area contributed by atoms with Crippen LogP contribution < -0.4 is 5.32 Å². The fraction of sp³-hybridized carbons (Fsp3) is 0.917. The molecule has 0 aromatic heterocycles. The molecule has 2 N–H and O–H groups in total. The number of nitrogens with zero attached hydrogens (tertiary/aromatic N) is 1. The van der Waals surface area contributed by atoms with Gasteiger partial charge in [-0.15, -0.1) is 0 Å². The lowest BCUT2D eigenvalue weighted by Crippen LogP contribution is -2.42. The highest BCUT2D eigenvalue weighted by Crippen LogP contribution is 2.12. The lowest BCUT2D eigenvalue weighted by molar-refractivity contribution is -0.137. The lowest BCUT2D eigenvalue weighted by Gasteiger charge is -2.27. The van der Waals surface area contributed by atoms with E-state index in [-0.39, 0.29) is 6.42 Å². The first-order valence-corrected chi connectivity index (χ1v) is 6.21. The van der Waals surface area contributed by atoms with Gasteiger partial charge in [0, 0.05) is 31.1 Å². The quantitative estimate of drug-likeness (QED) is 0.762. The van der Waals surface area contributed by atoms with Gasteiger partial charge in [-0.1, -0.05) is 0 Å². The number of hydrogen-bond acceptors (Lipinski definition) is 3. The fourth-order valence-corrected chi connectivity index (χ4v) is 2.21. The minimum atomic E-state index is -0.699. The summed E-state index contributed by atoms with van der Waals surface area (Å²) in [6.07, 6.45) is 2.13. The molecular formula is C12H24N2O2. The Morgan fingerprint density at radius 3 is 2.81 bits per heavy atom. The maximum absolute atomic E-state index is 10.6. The van der Waals surface area contributed by atoms with Crippen LogP contribution in [-0.4, -0.2) is 47.2 Å². The van der Waals surface area contributed by atoms with Crippen LogP contribution in [0.2, 0.25) is 0 Å². The molecule has 0 spiro atoms. The minimum absolute atomic E-state index is 0.260. The van der Waals surface area contributed by atoms with E-state index >= 15 is 0 Å². The maximum atomic E-state index is 10.6. The molecule has 4 nitrogen and oxygen atoms in total. The van der Waals surface area contributed by atoms with Gasteiger partial charge in [-0.25, -0.2) is 0 Å². The second kappa shape index (κ2) is 6.21. The van der Waals surface area contributed by atoms with Crippen molar-refractivity contribution in [2.75, 3.05) is 13.1 Å². The van der Waals surface area contributed by atoms with Gasteiger partial charge < -0.3 is 10.4 Å². The lowest BCUT2D eigenvalue weighted by atomic mass is 10.1. The summed E-state index contributed by atoms with van der Waals surface area (Å²) < 4.78 is 0. The van der Waals surface area contributed by atoms with Gasteiger partial charge in [0.1, 0.15) is 0 Å². The van der Waals surface area contributed by atoms with Crippen LogP contribution in [0.5, 0.6) is 0 Å². The number of nitrogens with one attached hydrogen (secondary N) is 1. The Labute approximate surface area is 98.0 Å². The van der Waals surface area contributed by atoms with Crippen molar-refractivity contribution in [2.45, 2.75) is 58.2 Å². The molecule has 1 aliphatic rings. The molecule has 1 heterocycles. The maximum Gasteiger partial charge on any atom is 0.303 e. The Balaban J connectivity index is 2.49. The summed E-state index contributed by atoms with van der Waals surface area (Å²) in [5.74, 6) is -0.699. The van der Waals surface area contributed by atoms with Crippen molar-refractivity contribution in [2.24, 2.45) is 0 Å². The zero-order chi connectivity index (χ0) is 12.1. The number of carboxylic acid groups (broad SMARTS) is 1. The zero-order valence-electron chi connectivity index (χ0n) is 10.6. The zero-order valence-corrected chi connectivity index (χ0v) is 10.6. The first-order valence-electron chi connectivity index (χ1n) is 6.21. The summed E-state index contributed by atoms with van der Waals surface area (Å²) in [5.41, 5.74) is 0. The molecule has 1 fully saturated rings. The minimum Gasteiger partial charge on any atom is -0.481 e. The summed E-state index contributed by atoms with van der Waals surface area (Å²) in [5, 5.41) is 12.2. The second-order valence-electron chi connectivity index (χ2n) is 5.07. The SMILES string of the molecule is CC1CCN(C(C)C)CC(CCC(=O)O)N1. The molecule has 16 heavy (non-hydrogen) atoms. The molecule has 0 saturated carbocycles. The van der Waals surface area contributed by atoms with Gasteiger partial charge in [0.2, 0.25) is 0 Å². The van der Waals surface area contributed by atoms with Crippen LogP contribution in [0, 0.1) is 0 Å². The van der Waals surface area contributed by atoms with Gasteiger partial charge in [0.15, 0.2) is 0 Å². The summed E-state index contributed by atoms with van der Waals surface area (Å²) in [7, 11) is 0. The average molecular weight is 228 g/mol. The third kappa shape index (κ3) is 4.49. The molecule has 1 rings (SSSR count). The Morgan fingerprint density at radius 2 is 2.25 bits per heavy atom. The first-order chi connectivity index (χ1) is 7.49. The summed E-state index contributed by atoms with van der Waals surface area (Å²) >= 11 is 0. The summed E-state index contributed by atoms with van der Waals surface area (Å²) in [4.78, 5) is 13.0. The van der Waals surface area contributed by atoms with E-state index in [0.717, 1.165) is 25.9 Å².